The molecule has 0 bridgehead atoms. The number of anilines is 1. The van der Waals surface area contributed by atoms with Crippen molar-refractivity contribution >= 4 is 29.2 Å². The molecule has 4 rings (SSSR count). The fourth-order valence-electron chi connectivity index (χ4n) is 3.23. The zero-order chi connectivity index (χ0) is 21.4. The summed E-state index contributed by atoms with van der Waals surface area (Å²) in [7, 11) is 0. The number of ether oxygens (including phenoxy) is 1. The molecule has 2 amide bonds. The van der Waals surface area contributed by atoms with E-state index >= 15 is 0 Å². The van der Waals surface area contributed by atoms with Crippen molar-refractivity contribution in [1.29, 1.82) is 0 Å². The van der Waals surface area contributed by atoms with Crippen LogP contribution in [-0.2, 0) is 0 Å². The quantitative estimate of drug-likeness (QED) is 0.215. The Kier molecular flexibility index (Phi) is 4.59. The number of rotatable bonds is 4. The van der Waals surface area contributed by atoms with E-state index in [2.05, 4.69) is 0 Å². The van der Waals surface area contributed by atoms with Gasteiger partial charge in [-0.1, -0.05) is 24.3 Å². The van der Waals surface area contributed by atoms with Gasteiger partial charge >= 0.3 is 5.97 Å². The summed E-state index contributed by atoms with van der Waals surface area (Å²) < 4.78 is 5.19. The summed E-state index contributed by atoms with van der Waals surface area (Å²) in [4.78, 5) is 49.5. The molecule has 8 nitrogen and oxygen atoms in total. The van der Waals surface area contributed by atoms with E-state index in [0.29, 0.717) is 5.69 Å². The van der Waals surface area contributed by atoms with E-state index in [-0.39, 0.29) is 28.1 Å². The van der Waals surface area contributed by atoms with Crippen LogP contribution in [-0.4, -0.2) is 22.7 Å². The molecule has 3 aromatic rings. The number of imide groups is 1. The molecule has 0 N–H and O–H groups in total. The molecular weight excluding hydrogens is 388 g/mol. The predicted molar refractivity (Wildman–Crippen MR) is 107 cm³/mol. The van der Waals surface area contributed by atoms with Gasteiger partial charge in [-0.15, -0.1) is 0 Å². The van der Waals surface area contributed by atoms with E-state index in [1.165, 1.54) is 36.4 Å². The Morgan fingerprint density at radius 3 is 2.40 bits per heavy atom. The molecule has 1 aliphatic heterocycles. The number of nitro groups is 1. The van der Waals surface area contributed by atoms with Crippen LogP contribution in [0.5, 0.6) is 5.75 Å². The number of nitrogens with zero attached hydrogens (tertiary/aromatic N) is 2. The highest BCUT2D eigenvalue weighted by atomic mass is 16.6. The summed E-state index contributed by atoms with van der Waals surface area (Å²) in [5.41, 5.74) is 1.35. The SMILES string of the molecule is Cc1ccccc1N1C(=O)c2ccc(C(=O)Oc3cccc([N+](=O)[O-])c3)cc2C1=O. The summed E-state index contributed by atoms with van der Waals surface area (Å²) >= 11 is 0. The molecule has 0 aliphatic carbocycles. The number of carbonyl (C=O) groups is 3. The van der Waals surface area contributed by atoms with E-state index in [9.17, 15) is 24.5 Å². The Bertz CT molecular complexity index is 1230. The molecule has 0 radical (unpaired) electrons. The molecule has 0 fully saturated rings. The molecule has 0 unspecified atom stereocenters. The van der Waals surface area contributed by atoms with Crippen LogP contribution in [0.15, 0.2) is 66.7 Å². The molecule has 0 spiro atoms. The van der Waals surface area contributed by atoms with Crippen LogP contribution < -0.4 is 9.64 Å². The maximum Gasteiger partial charge on any atom is 0.343 e. The number of esters is 1. The second kappa shape index (κ2) is 7.25. The largest absolute Gasteiger partial charge is 0.423 e. The minimum absolute atomic E-state index is 0.00126. The number of aryl methyl sites for hydroxylation is 1. The molecule has 148 valence electrons. The van der Waals surface area contributed by atoms with Crippen molar-refractivity contribution in [3.8, 4) is 5.75 Å². The Morgan fingerprint density at radius 1 is 0.933 bits per heavy atom. The summed E-state index contributed by atoms with van der Waals surface area (Å²) in [6.45, 7) is 1.79. The summed E-state index contributed by atoms with van der Waals surface area (Å²) in [6.07, 6.45) is 0. The van der Waals surface area contributed by atoms with Crippen molar-refractivity contribution in [2.24, 2.45) is 0 Å². The third-order valence-electron chi connectivity index (χ3n) is 4.72. The number of fused-ring (bicyclic) bond motifs is 1. The average Bonchev–Trinajstić information content (AvgIpc) is 2.98. The van der Waals surface area contributed by atoms with Gasteiger partial charge in [0.15, 0.2) is 0 Å². The zero-order valence-electron chi connectivity index (χ0n) is 15.7. The van der Waals surface area contributed by atoms with Gasteiger partial charge in [-0.05, 0) is 42.8 Å². The Labute approximate surface area is 170 Å². The maximum absolute atomic E-state index is 12.9. The van der Waals surface area contributed by atoms with Gasteiger partial charge < -0.3 is 4.74 Å². The Balaban J connectivity index is 1.63. The van der Waals surface area contributed by atoms with Gasteiger partial charge in [0.2, 0.25) is 0 Å². The first-order chi connectivity index (χ1) is 14.4. The van der Waals surface area contributed by atoms with Gasteiger partial charge in [0, 0.05) is 6.07 Å². The van der Waals surface area contributed by atoms with Crippen LogP contribution >= 0.6 is 0 Å². The number of nitro benzene ring substituents is 1. The number of para-hydroxylation sites is 1. The lowest BCUT2D eigenvalue weighted by molar-refractivity contribution is -0.384. The van der Waals surface area contributed by atoms with Crippen molar-refractivity contribution in [3.05, 3.63) is 99.1 Å². The van der Waals surface area contributed by atoms with Crippen molar-refractivity contribution in [2.45, 2.75) is 6.92 Å². The van der Waals surface area contributed by atoms with Gasteiger partial charge in [0.05, 0.1) is 33.4 Å². The monoisotopic (exact) mass is 402 g/mol. The van der Waals surface area contributed by atoms with Crippen LogP contribution in [0.3, 0.4) is 0 Å². The number of hydrogen-bond donors (Lipinski definition) is 0. The predicted octanol–water partition coefficient (Wildman–Crippen LogP) is 3.92. The van der Waals surface area contributed by atoms with Gasteiger partial charge in [-0.25, -0.2) is 9.69 Å². The molecule has 1 aliphatic rings. The summed E-state index contributed by atoms with van der Waals surface area (Å²) in [5, 5.41) is 10.9. The van der Waals surface area contributed by atoms with E-state index in [1.807, 2.05) is 0 Å². The molecule has 30 heavy (non-hydrogen) atoms. The topological polar surface area (TPSA) is 107 Å². The minimum atomic E-state index is -0.798. The molecule has 0 aromatic heterocycles. The van der Waals surface area contributed by atoms with Crippen LogP contribution in [0.1, 0.15) is 36.6 Å². The van der Waals surface area contributed by atoms with Crippen LogP contribution in [0.2, 0.25) is 0 Å². The highest BCUT2D eigenvalue weighted by Crippen LogP contribution is 2.31. The fraction of sp³-hybridized carbons (Fsp3) is 0.0455. The molecule has 1 heterocycles. The van der Waals surface area contributed by atoms with Gasteiger partial charge in [-0.3, -0.25) is 19.7 Å². The van der Waals surface area contributed by atoms with Crippen molar-refractivity contribution in [3.63, 3.8) is 0 Å². The number of carbonyl (C=O) groups excluding carboxylic acids is 3. The first-order valence-electron chi connectivity index (χ1n) is 8.92. The van der Waals surface area contributed by atoms with Crippen molar-refractivity contribution < 1.29 is 24.0 Å². The lowest BCUT2D eigenvalue weighted by atomic mass is 10.1. The number of hydrogen-bond acceptors (Lipinski definition) is 6. The first-order valence-corrected chi connectivity index (χ1v) is 8.92. The van der Waals surface area contributed by atoms with Gasteiger partial charge in [-0.2, -0.15) is 0 Å². The normalized spacial score (nSPS) is 12.6. The molecule has 0 saturated heterocycles. The standard InChI is InChI=1S/C22H14N2O6/c1-13-5-2-3-8-19(13)23-20(25)17-10-9-14(11-18(17)21(23)26)22(27)30-16-7-4-6-15(12-16)24(28)29/h2-12H,1H3. The lowest BCUT2D eigenvalue weighted by Gasteiger charge is -2.16. The van der Waals surface area contributed by atoms with E-state index in [0.717, 1.165) is 16.5 Å². The zero-order valence-corrected chi connectivity index (χ0v) is 15.7. The number of amides is 2. The Hall–Kier alpha value is -4.33. The van der Waals surface area contributed by atoms with Crippen LogP contribution in [0.4, 0.5) is 11.4 Å². The third kappa shape index (κ3) is 3.20. The van der Waals surface area contributed by atoms with E-state index in [1.54, 1.807) is 31.2 Å². The fourth-order valence-corrected chi connectivity index (χ4v) is 3.23. The van der Waals surface area contributed by atoms with Crippen LogP contribution in [0.25, 0.3) is 0 Å². The summed E-state index contributed by atoms with van der Waals surface area (Å²) in [5.74, 6) is -1.80. The highest BCUT2D eigenvalue weighted by molar-refractivity contribution is 6.34. The van der Waals surface area contributed by atoms with E-state index < -0.39 is 22.7 Å². The Morgan fingerprint density at radius 2 is 1.67 bits per heavy atom. The van der Waals surface area contributed by atoms with Crippen LogP contribution in [0, 0.1) is 17.0 Å². The van der Waals surface area contributed by atoms with Crippen molar-refractivity contribution in [2.75, 3.05) is 4.90 Å². The van der Waals surface area contributed by atoms with E-state index in [4.69, 9.17) is 4.74 Å². The second-order valence-electron chi connectivity index (χ2n) is 6.64. The van der Waals surface area contributed by atoms with Gasteiger partial charge in [0.1, 0.15) is 5.75 Å². The highest BCUT2D eigenvalue weighted by Gasteiger charge is 2.37. The second-order valence-corrected chi connectivity index (χ2v) is 6.64. The smallest absolute Gasteiger partial charge is 0.343 e. The maximum atomic E-state index is 12.9. The number of non-ortho nitro benzene ring substituents is 1. The third-order valence-corrected chi connectivity index (χ3v) is 4.72. The number of benzene rings is 3. The van der Waals surface area contributed by atoms with Crippen molar-refractivity contribution in [1.82, 2.24) is 0 Å². The molecule has 8 heteroatoms. The van der Waals surface area contributed by atoms with Gasteiger partial charge in [0.25, 0.3) is 17.5 Å². The summed E-state index contributed by atoms with van der Waals surface area (Å²) in [6, 6.07) is 16.3. The lowest BCUT2D eigenvalue weighted by Crippen LogP contribution is -2.29. The molecular formula is C22H14N2O6. The first kappa shape index (κ1) is 19.0. The molecule has 0 atom stereocenters. The minimum Gasteiger partial charge on any atom is -0.423 e. The average molecular weight is 402 g/mol. The molecule has 3 aromatic carbocycles. The molecule has 0 saturated carbocycles.